The molecule has 0 amide bonds. The molecule has 0 aliphatic heterocycles. The van der Waals surface area contributed by atoms with Crippen molar-refractivity contribution in [2.24, 2.45) is 0 Å². The molecule has 0 saturated carbocycles. The number of benzene rings is 1. The third kappa shape index (κ3) is 3.70. The van der Waals surface area contributed by atoms with Crippen LogP contribution in [0.3, 0.4) is 0 Å². The van der Waals surface area contributed by atoms with E-state index in [1.165, 1.54) is 11.3 Å². The van der Waals surface area contributed by atoms with Crippen molar-refractivity contribution in [3.63, 3.8) is 0 Å². The molecule has 2 aromatic rings. The van der Waals surface area contributed by atoms with Gasteiger partial charge in [-0.3, -0.25) is 9.58 Å². The first-order valence-corrected chi connectivity index (χ1v) is 7.38. The van der Waals surface area contributed by atoms with Gasteiger partial charge in [-0.2, -0.15) is 5.10 Å². The summed E-state index contributed by atoms with van der Waals surface area (Å²) in [6.07, 6.45) is 1.90. The van der Waals surface area contributed by atoms with Gasteiger partial charge in [-0.25, -0.2) is 0 Å². The van der Waals surface area contributed by atoms with E-state index < -0.39 is 0 Å². The Morgan fingerprint density at radius 1 is 1.00 bits per heavy atom. The topological polar surface area (TPSA) is 21.1 Å². The monoisotopic (exact) mass is 271 g/mol. The molecule has 0 aliphatic carbocycles. The highest BCUT2D eigenvalue weighted by atomic mass is 15.3. The molecule has 0 saturated heterocycles. The van der Waals surface area contributed by atoms with Crippen LogP contribution in [0.1, 0.15) is 45.0 Å². The molecule has 0 unspecified atom stereocenters. The fourth-order valence-corrected chi connectivity index (χ4v) is 2.38. The first kappa shape index (κ1) is 14.8. The predicted octanol–water partition coefficient (Wildman–Crippen LogP) is 3.87. The molecule has 1 aromatic carbocycles. The fraction of sp³-hybridized carbons (Fsp3) is 0.471. The lowest BCUT2D eigenvalue weighted by molar-refractivity contribution is 0.196. The number of nitrogens with zero attached hydrogens (tertiary/aromatic N) is 3. The zero-order chi connectivity index (χ0) is 14.5. The molecule has 0 spiro atoms. The highest BCUT2D eigenvalue weighted by Gasteiger charge is 2.14. The van der Waals surface area contributed by atoms with Crippen molar-refractivity contribution in [3.8, 4) is 0 Å². The van der Waals surface area contributed by atoms with Gasteiger partial charge in [0.05, 0.1) is 5.69 Å². The Labute approximate surface area is 122 Å². The normalized spacial score (nSPS) is 11.8. The van der Waals surface area contributed by atoms with E-state index in [1.807, 2.05) is 6.20 Å². The first-order valence-electron chi connectivity index (χ1n) is 7.38. The summed E-state index contributed by atoms with van der Waals surface area (Å²) in [5, 5.41) is 4.43. The van der Waals surface area contributed by atoms with Crippen molar-refractivity contribution in [1.82, 2.24) is 14.7 Å². The lowest BCUT2D eigenvalue weighted by atomic mass is 10.2. The zero-order valence-corrected chi connectivity index (χ0v) is 13.0. The maximum Gasteiger partial charge on any atom is 0.0527 e. The first-order chi connectivity index (χ1) is 9.58. The molecule has 0 atom stereocenters. The maximum atomic E-state index is 4.43. The molecule has 3 heteroatoms. The average Bonchev–Trinajstić information content (AvgIpc) is 2.87. The van der Waals surface area contributed by atoms with Crippen LogP contribution in [-0.4, -0.2) is 20.7 Å². The Morgan fingerprint density at radius 2 is 1.70 bits per heavy atom. The minimum absolute atomic E-state index is 0.408. The van der Waals surface area contributed by atoms with Crippen molar-refractivity contribution in [2.75, 3.05) is 0 Å². The molecule has 0 N–H and O–H groups in total. The van der Waals surface area contributed by atoms with E-state index in [0.29, 0.717) is 12.1 Å². The quantitative estimate of drug-likeness (QED) is 0.795. The Kier molecular flexibility index (Phi) is 4.96. The Bertz CT molecular complexity index is 514. The Hall–Kier alpha value is -1.61. The van der Waals surface area contributed by atoms with Crippen LogP contribution in [0.25, 0.3) is 0 Å². The summed E-state index contributed by atoms with van der Waals surface area (Å²) in [6, 6.07) is 13.7. The molecule has 0 radical (unpaired) electrons. The molecule has 108 valence electrons. The average molecular weight is 271 g/mol. The van der Waals surface area contributed by atoms with Crippen LogP contribution in [0.4, 0.5) is 0 Å². The van der Waals surface area contributed by atoms with E-state index in [1.54, 1.807) is 0 Å². The molecule has 3 nitrogen and oxygen atoms in total. The second-order valence-electron chi connectivity index (χ2n) is 5.85. The van der Waals surface area contributed by atoms with Crippen LogP contribution in [-0.2, 0) is 13.1 Å². The van der Waals surface area contributed by atoms with E-state index in [0.717, 1.165) is 13.1 Å². The molecular formula is C17H25N3. The predicted molar refractivity (Wildman–Crippen MR) is 83.4 cm³/mol. The van der Waals surface area contributed by atoms with Gasteiger partial charge in [0.2, 0.25) is 0 Å². The molecule has 0 aliphatic rings. The lowest BCUT2D eigenvalue weighted by Crippen LogP contribution is -2.31. The smallest absolute Gasteiger partial charge is 0.0527 e. The van der Waals surface area contributed by atoms with Gasteiger partial charge in [0, 0.05) is 31.4 Å². The van der Waals surface area contributed by atoms with Crippen LogP contribution in [0.5, 0.6) is 0 Å². The van der Waals surface area contributed by atoms with E-state index >= 15 is 0 Å². The minimum atomic E-state index is 0.408. The van der Waals surface area contributed by atoms with Crippen LogP contribution in [0.15, 0.2) is 42.6 Å². The summed E-state index contributed by atoms with van der Waals surface area (Å²) in [6.45, 7) is 10.8. The highest BCUT2D eigenvalue weighted by molar-refractivity contribution is 5.15. The third-order valence-corrected chi connectivity index (χ3v) is 3.57. The highest BCUT2D eigenvalue weighted by Crippen LogP contribution is 2.15. The van der Waals surface area contributed by atoms with E-state index in [9.17, 15) is 0 Å². The minimum Gasteiger partial charge on any atom is -0.291 e. The number of rotatable bonds is 6. The Balaban J connectivity index is 2.12. The van der Waals surface area contributed by atoms with Crippen LogP contribution in [0.2, 0.25) is 0 Å². The Morgan fingerprint density at radius 3 is 2.30 bits per heavy atom. The molecule has 0 bridgehead atoms. The lowest BCUT2D eigenvalue weighted by Gasteiger charge is -2.27. The molecule has 20 heavy (non-hydrogen) atoms. The molecular weight excluding hydrogens is 246 g/mol. The van der Waals surface area contributed by atoms with Gasteiger partial charge < -0.3 is 0 Å². The molecule has 0 fully saturated rings. The van der Waals surface area contributed by atoms with Crippen molar-refractivity contribution < 1.29 is 0 Å². The molecule has 2 rings (SSSR count). The van der Waals surface area contributed by atoms with Crippen molar-refractivity contribution in [1.29, 1.82) is 0 Å². The van der Waals surface area contributed by atoms with Crippen LogP contribution in [0, 0.1) is 0 Å². The second-order valence-corrected chi connectivity index (χ2v) is 5.85. The van der Waals surface area contributed by atoms with Crippen molar-refractivity contribution >= 4 is 0 Å². The standard InChI is InChI=1S/C17H25N3/c1-14(2)19(12-16-8-6-5-7-9-16)13-17-10-11-18-20(17)15(3)4/h5-11,14-15H,12-13H2,1-4H3. The van der Waals surface area contributed by atoms with Crippen molar-refractivity contribution in [2.45, 2.75) is 52.9 Å². The second kappa shape index (κ2) is 6.71. The maximum absolute atomic E-state index is 4.43. The SMILES string of the molecule is CC(C)N(Cc1ccccc1)Cc1ccnn1C(C)C. The summed E-state index contributed by atoms with van der Waals surface area (Å²) in [7, 11) is 0. The van der Waals surface area contributed by atoms with Gasteiger partial charge in [-0.15, -0.1) is 0 Å². The molecule has 1 heterocycles. The van der Waals surface area contributed by atoms with Gasteiger partial charge in [-0.05, 0) is 39.3 Å². The summed E-state index contributed by atoms with van der Waals surface area (Å²) in [4.78, 5) is 2.48. The summed E-state index contributed by atoms with van der Waals surface area (Å²) >= 11 is 0. The van der Waals surface area contributed by atoms with Crippen LogP contribution < -0.4 is 0 Å². The number of hydrogen-bond donors (Lipinski definition) is 0. The molecule has 1 aromatic heterocycles. The van der Waals surface area contributed by atoms with Gasteiger partial charge in [-0.1, -0.05) is 30.3 Å². The van der Waals surface area contributed by atoms with Gasteiger partial charge in [0.25, 0.3) is 0 Å². The third-order valence-electron chi connectivity index (χ3n) is 3.57. The zero-order valence-electron chi connectivity index (χ0n) is 13.0. The van der Waals surface area contributed by atoms with Gasteiger partial charge in [0.15, 0.2) is 0 Å². The van der Waals surface area contributed by atoms with Crippen molar-refractivity contribution in [3.05, 3.63) is 53.9 Å². The summed E-state index contributed by atoms with van der Waals surface area (Å²) < 4.78 is 2.11. The number of hydrogen-bond acceptors (Lipinski definition) is 2. The van der Waals surface area contributed by atoms with E-state index in [4.69, 9.17) is 0 Å². The summed E-state index contributed by atoms with van der Waals surface area (Å²) in [5.41, 5.74) is 2.64. The van der Waals surface area contributed by atoms with E-state index in [-0.39, 0.29) is 0 Å². The van der Waals surface area contributed by atoms with E-state index in [2.05, 4.69) is 78.8 Å². The van der Waals surface area contributed by atoms with Crippen LogP contribution >= 0.6 is 0 Å². The fourth-order valence-electron chi connectivity index (χ4n) is 2.38. The van der Waals surface area contributed by atoms with Gasteiger partial charge in [0.1, 0.15) is 0 Å². The van der Waals surface area contributed by atoms with Gasteiger partial charge >= 0.3 is 0 Å². The number of aromatic nitrogens is 2. The largest absolute Gasteiger partial charge is 0.291 e. The summed E-state index contributed by atoms with van der Waals surface area (Å²) in [5.74, 6) is 0.